The molecule has 0 aliphatic heterocycles. The topological polar surface area (TPSA) is 52.6 Å². The molecule has 0 fully saturated rings. The summed E-state index contributed by atoms with van der Waals surface area (Å²) in [6.07, 6.45) is 0. The maximum absolute atomic E-state index is 11.2. The smallest absolute Gasteiger partial charge is 0.330 e. The van der Waals surface area contributed by atoms with Gasteiger partial charge >= 0.3 is 6.03 Å². The molecular weight excluding hydrogens is 212 g/mol. The number of hydrogen-bond acceptors (Lipinski definition) is 3. The molecule has 4 nitrogen and oxygen atoms in total. The van der Waals surface area contributed by atoms with Crippen molar-refractivity contribution >= 4 is 17.4 Å². The van der Waals surface area contributed by atoms with Gasteiger partial charge < -0.3 is 5.32 Å². The van der Waals surface area contributed by atoms with Gasteiger partial charge in [-0.2, -0.15) is 0 Å². The number of carbonyl (C=O) groups is 1. The predicted molar refractivity (Wildman–Crippen MR) is 60.3 cm³/mol. The van der Waals surface area contributed by atoms with Crippen LogP contribution in [-0.4, -0.2) is 23.3 Å². The summed E-state index contributed by atoms with van der Waals surface area (Å²) in [6.45, 7) is 5.96. The Morgan fingerprint density at radius 3 is 2.60 bits per heavy atom. The molecule has 0 aliphatic carbocycles. The van der Waals surface area contributed by atoms with Gasteiger partial charge in [0.25, 0.3) is 0 Å². The minimum atomic E-state index is -0.495. The number of rotatable bonds is 2. The Labute approximate surface area is 93.5 Å². The molecule has 0 aliphatic rings. The van der Waals surface area contributed by atoms with E-state index in [2.05, 4.69) is 11.4 Å². The van der Waals surface area contributed by atoms with Gasteiger partial charge in [0.05, 0.1) is 6.04 Å². The van der Waals surface area contributed by atoms with Crippen molar-refractivity contribution in [2.24, 2.45) is 0 Å². The molecule has 0 saturated heterocycles. The average molecular weight is 228 g/mol. The van der Waals surface area contributed by atoms with Crippen molar-refractivity contribution in [2.75, 3.05) is 7.05 Å². The summed E-state index contributed by atoms with van der Waals surface area (Å²) < 4.78 is 0. The van der Waals surface area contributed by atoms with Crippen molar-refractivity contribution in [3.05, 3.63) is 21.4 Å². The highest BCUT2D eigenvalue weighted by molar-refractivity contribution is 7.12. The van der Waals surface area contributed by atoms with Gasteiger partial charge in [0.2, 0.25) is 0 Å². The fourth-order valence-corrected chi connectivity index (χ4v) is 2.46. The third-order valence-electron chi connectivity index (χ3n) is 2.18. The first-order chi connectivity index (χ1) is 6.91. The molecule has 1 rings (SSSR count). The van der Waals surface area contributed by atoms with E-state index >= 15 is 0 Å². The van der Waals surface area contributed by atoms with E-state index < -0.39 is 6.03 Å². The summed E-state index contributed by atoms with van der Waals surface area (Å²) in [7, 11) is 1.30. The van der Waals surface area contributed by atoms with Crippen LogP contribution in [0.3, 0.4) is 0 Å². The van der Waals surface area contributed by atoms with Crippen LogP contribution in [0.2, 0.25) is 0 Å². The number of thiophene rings is 1. The minimum Gasteiger partial charge on any atom is -0.330 e. The molecular formula is C10H16N2O2S. The monoisotopic (exact) mass is 228 g/mol. The lowest BCUT2D eigenvalue weighted by atomic mass is 10.1. The summed E-state index contributed by atoms with van der Waals surface area (Å²) >= 11 is 1.71. The van der Waals surface area contributed by atoms with Gasteiger partial charge in [0.1, 0.15) is 0 Å². The third kappa shape index (κ3) is 2.94. The quantitative estimate of drug-likeness (QED) is 0.603. The van der Waals surface area contributed by atoms with Gasteiger partial charge in [-0.1, -0.05) is 0 Å². The van der Waals surface area contributed by atoms with Crippen LogP contribution in [0.25, 0.3) is 0 Å². The summed E-state index contributed by atoms with van der Waals surface area (Å²) in [5.41, 5.74) is 1.10. The van der Waals surface area contributed by atoms with Crippen molar-refractivity contribution in [3.63, 3.8) is 0 Å². The van der Waals surface area contributed by atoms with Crippen LogP contribution in [0.5, 0.6) is 0 Å². The molecule has 1 heterocycles. The molecule has 2 amide bonds. The Morgan fingerprint density at radius 2 is 2.20 bits per heavy atom. The lowest BCUT2D eigenvalue weighted by Gasteiger charge is -2.16. The van der Waals surface area contributed by atoms with Crippen molar-refractivity contribution in [1.82, 2.24) is 10.4 Å². The molecule has 84 valence electrons. The molecule has 1 aromatic heterocycles. The molecule has 15 heavy (non-hydrogen) atoms. The summed E-state index contributed by atoms with van der Waals surface area (Å²) in [6, 6.07) is 1.48. The highest BCUT2D eigenvalue weighted by Gasteiger charge is 2.15. The van der Waals surface area contributed by atoms with Crippen molar-refractivity contribution in [2.45, 2.75) is 26.8 Å². The van der Waals surface area contributed by atoms with Gasteiger partial charge in [0, 0.05) is 16.8 Å². The predicted octanol–water partition coefficient (Wildman–Crippen LogP) is 2.46. The molecule has 0 saturated carbocycles. The van der Waals surface area contributed by atoms with E-state index in [0.717, 1.165) is 5.56 Å². The second-order valence-corrected chi connectivity index (χ2v) is 5.02. The number of nitrogens with one attached hydrogen (secondary N) is 1. The number of urea groups is 1. The maximum Gasteiger partial charge on any atom is 0.341 e. The normalized spacial score (nSPS) is 12.3. The third-order valence-corrected chi connectivity index (χ3v) is 3.16. The van der Waals surface area contributed by atoms with Crippen molar-refractivity contribution in [1.29, 1.82) is 0 Å². The fraction of sp³-hybridized carbons (Fsp3) is 0.500. The van der Waals surface area contributed by atoms with Crippen LogP contribution in [0.4, 0.5) is 4.79 Å². The second-order valence-electron chi connectivity index (χ2n) is 3.56. The Hall–Kier alpha value is -1.07. The standard InChI is InChI=1S/C10H16N2O2S/c1-6-5-9(8(3)15-6)7(2)11-10(13)12(4)14/h5,7,14H,1-4H3,(H,11,13). The fourth-order valence-electron chi connectivity index (χ4n) is 1.44. The number of carbonyl (C=O) groups excluding carboxylic acids is 1. The largest absolute Gasteiger partial charge is 0.341 e. The first-order valence-electron chi connectivity index (χ1n) is 4.72. The summed E-state index contributed by atoms with van der Waals surface area (Å²) in [5.74, 6) is 0. The van der Waals surface area contributed by atoms with Crippen LogP contribution < -0.4 is 5.32 Å². The van der Waals surface area contributed by atoms with E-state index in [9.17, 15) is 4.79 Å². The second kappa shape index (κ2) is 4.63. The maximum atomic E-state index is 11.2. The highest BCUT2D eigenvalue weighted by Crippen LogP contribution is 2.25. The van der Waals surface area contributed by atoms with E-state index in [-0.39, 0.29) is 6.04 Å². The first kappa shape index (κ1) is 12.0. The van der Waals surface area contributed by atoms with E-state index in [0.29, 0.717) is 5.06 Å². The zero-order chi connectivity index (χ0) is 11.6. The molecule has 1 unspecified atom stereocenters. The van der Waals surface area contributed by atoms with Crippen LogP contribution >= 0.6 is 11.3 Å². The minimum absolute atomic E-state index is 0.0861. The van der Waals surface area contributed by atoms with E-state index in [4.69, 9.17) is 5.21 Å². The Kier molecular flexibility index (Phi) is 3.71. The molecule has 5 heteroatoms. The summed E-state index contributed by atoms with van der Waals surface area (Å²) in [4.78, 5) is 13.6. The number of hydroxylamine groups is 2. The SMILES string of the molecule is Cc1cc(C(C)NC(=O)N(C)O)c(C)s1. The lowest BCUT2D eigenvalue weighted by molar-refractivity contribution is -0.0192. The number of aryl methyl sites for hydroxylation is 2. The Balaban J connectivity index is 2.73. The van der Waals surface area contributed by atoms with Crippen LogP contribution in [0.15, 0.2) is 6.07 Å². The van der Waals surface area contributed by atoms with E-state index in [1.807, 2.05) is 20.8 Å². The van der Waals surface area contributed by atoms with Gasteiger partial charge in [-0.05, 0) is 32.4 Å². The van der Waals surface area contributed by atoms with E-state index in [1.54, 1.807) is 11.3 Å². The Bertz CT molecular complexity index is 360. The van der Waals surface area contributed by atoms with Gasteiger partial charge in [-0.3, -0.25) is 5.21 Å². The summed E-state index contributed by atoms with van der Waals surface area (Å²) in [5, 5.41) is 12.2. The lowest BCUT2D eigenvalue weighted by Crippen LogP contribution is -2.36. The molecule has 0 radical (unpaired) electrons. The van der Waals surface area contributed by atoms with Crippen LogP contribution in [-0.2, 0) is 0 Å². The highest BCUT2D eigenvalue weighted by atomic mass is 32.1. The average Bonchev–Trinajstić information content (AvgIpc) is 2.44. The molecule has 1 aromatic rings. The molecule has 1 atom stereocenters. The number of amides is 2. The zero-order valence-electron chi connectivity index (χ0n) is 9.37. The molecule has 0 aromatic carbocycles. The number of hydrogen-bond donors (Lipinski definition) is 2. The Morgan fingerprint density at radius 1 is 1.60 bits per heavy atom. The van der Waals surface area contributed by atoms with Crippen molar-refractivity contribution < 1.29 is 10.0 Å². The van der Waals surface area contributed by atoms with Crippen LogP contribution in [0.1, 0.15) is 28.3 Å². The molecule has 0 bridgehead atoms. The van der Waals surface area contributed by atoms with E-state index in [1.165, 1.54) is 16.8 Å². The molecule has 0 spiro atoms. The van der Waals surface area contributed by atoms with Gasteiger partial charge in [-0.25, -0.2) is 9.86 Å². The number of nitrogens with zero attached hydrogens (tertiary/aromatic N) is 1. The zero-order valence-corrected chi connectivity index (χ0v) is 10.2. The van der Waals surface area contributed by atoms with Crippen molar-refractivity contribution in [3.8, 4) is 0 Å². The van der Waals surface area contributed by atoms with Crippen LogP contribution in [0, 0.1) is 13.8 Å². The molecule has 2 N–H and O–H groups in total. The van der Waals surface area contributed by atoms with Gasteiger partial charge in [0.15, 0.2) is 0 Å². The first-order valence-corrected chi connectivity index (χ1v) is 5.53. The van der Waals surface area contributed by atoms with Gasteiger partial charge in [-0.15, -0.1) is 11.3 Å².